The van der Waals surface area contributed by atoms with E-state index in [-0.39, 0.29) is 12.8 Å². The first-order valence-electron chi connectivity index (χ1n) is 6.52. The first-order chi connectivity index (χ1) is 10.3. The van der Waals surface area contributed by atoms with Gasteiger partial charge in [0.15, 0.2) is 0 Å². The van der Waals surface area contributed by atoms with Crippen molar-refractivity contribution in [1.82, 2.24) is 5.32 Å². The molecule has 8 heteroatoms. The Morgan fingerprint density at radius 2 is 1.91 bits per heavy atom. The van der Waals surface area contributed by atoms with Gasteiger partial charge in [0.1, 0.15) is 6.04 Å². The third-order valence-corrected chi connectivity index (χ3v) is 4.19. The minimum absolute atomic E-state index is 0.0381. The van der Waals surface area contributed by atoms with Crippen molar-refractivity contribution >= 4 is 46.8 Å². The summed E-state index contributed by atoms with van der Waals surface area (Å²) in [4.78, 5) is 36.4. The van der Waals surface area contributed by atoms with Crippen molar-refractivity contribution in [2.75, 3.05) is 12.0 Å². The van der Waals surface area contributed by atoms with Crippen molar-refractivity contribution in [3.8, 4) is 0 Å². The third-order valence-electron chi connectivity index (χ3n) is 3.41. The van der Waals surface area contributed by atoms with E-state index in [4.69, 9.17) is 23.2 Å². The van der Waals surface area contributed by atoms with Gasteiger partial charge >= 0.3 is 12.0 Å². The molecule has 1 aromatic rings. The maximum Gasteiger partial charge on any atom is 0.329 e. The van der Waals surface area contributed by atoms with Crippen molar-refractivity contribution in [2.45, 2.75) is 25.8 Å². The molecule has 0 aliphatic carbocycles. The Kier molecular flexibility index (Phi) is 4.93. The molecular weight excluding hydrogens is 331 g/mol. The van der Waals surface area contributed by atoms with E-state index in [1.54, 1.807) is 6.92 Å². The van der Waals surface area contributed by atoms with Crippen molar-refractivity contribution in [2.24, 2.45) is 0 Å². The number of urea groups is 1. The molecule has 0 aromatic heterocycles. The van der Waals surface area contributed by atoms with Gasteiger partial charge in [-0.2, -0.15) is 0 Å². The summed E-state index contributed by atoms with van der Waals surface area (Å²) in [6.45, 7) is 1.74. The normalized spacial score (nSPS) is 17.6. The van der Waals surface area contributed by atoms with Gasteiger partial charge in [0.2, 0.25) is 0 Å². The molecule has 1 N–H and O–H groups in total. The molecule has 1 aliphatic heterocycles. The standard InChI is InChI=1S/C14H14Cl2N2O4/c1-7-9(15)5-8(6-10(7)16)18-13(20)11(17-14(18)21)3-4-12(19)22-2/h5-6,11H,3-4H2,1-2H3,(H,17,21)/t11-/m1/s1. The molecule has 3 amide bonds. The van der Waals surface area contributed by atoms with Gasteiger partial charge in [-0.25, -0.2) is 9.69 Å². The molecule has 118 valence electrons. The van der Waals surface area contributed by atoms with Gasteiger partial charge in [-0.1, -0.05) is 23.2 Å². The summed E-state index contributed by atoms with van der Waals surface area (Å²) in [6, 6.07) is 1.66. The summed E-state index contributed by atoms with van der Waals surface area (Å²) < 4.78 is 4.52. The first kappa shape index (κ1) is 16.6. The molecule has 1 aliphatic rings. The van der Waals surface area contributed by atoms with Crippen LogP contribution in [0, 0.1) is 6.92 Å². The number of anilines is 1. The summed E-state index contributed by atoms with van der Waals surface area (Å²) in [5.74, 6) is -0.896. The predicted octanol–water partition coefficient (Wildman–Crippen LogP) is 2.68. The highest BCUT2D eigenvalue weighted by Crippen LogP contribution is 2.31. The van der Waals surface area contributed by atoms with Crippen LogP contribution in [0.3, 0.4) is 0 Å². The second kappa shape index (κ2) is 6.54. The Balaban J connectivity index is 2.20. The van der Waals surface area contributed by atoms with Gasteiger partial charge in [0.05, 0.1) is 12.8 Å². The molecule has 1 atom stereocenters. The molecule has 2 rings (SSSR count). The third kappa shape index (κ3) is 3.18. The Hall–Kier alpha value is -1.79. The van der Waals surface area contributed by atoms with Crippen LogP contribution in [-0.4, -0.2) is 31.1 Å². The predicted molar refractivity (Wildman–Crippen MR) is 82.3 cm³/mol. The van der Waals surface area contributed by atoms with E-state index >= 15 is 0 Å². The van der Waals surface area contributed by atoms with E-state index in [9.17, 15) is 14.4 Å². The lowest BCUT2D eigenvalue weighted by molar-refractivity contribution is -0.140. The van der Waals surface area contributed by atoms with Gasteiger partial charge in [-0.3, -0.25) is 9.59 Å². The van der Waals surface area contributed by atoms with Crippen LogP contribution in [0.25, 0.3) is 0 Å². The van der Waals surface area contributed by atoms with Crippen LogP contribution in [0.2, 0.25) is 10.0 Å². The lowest BCUT2D eigenvalue weighted by atomic mass is 10.1. The molecule has 0 spiro atoms. The lowest BCUT2D eigenvalue weighted by Crippen LogP contribution is -2.31. The minimum atomic E-state index is -0.773. The fourth-order valence-electron chi connectivity index (χ4n) is 2.10. The van der Waals surface area contributed by atoms with Crippen LogP contribution < -0.4 is 10.2 Å². The van der Waals surface area contributed by atoms with Gasteiger partial charge in [0, 0.05) is 16.5 Å². The molecule has 1 saturated heterocycles. The van der Waals surface area contributed by atoms with Crippen LogP contribution >= 0.6 is 23.2 Å². The van der Waals surface area contributed by atoms with Gasteiger partial charge in [-0.05, 0) is 31.0 Å². The average molecular weight is 345 g/mol. The van der Waals surface area contributed by atoms with Gasteiger partial charge < -0.3 is 10.1 Å². The summed E-state index contributed by atoms with van der Waals surface area (Å²) in [7, 11) is 1.26. The van der Waals surface area contributed by atoms with Crippen LogP contribution in [0.5, 0.6) is 0 Å². The average Bonchev–Trinajstić information content (AvgIpc) is 2.76. The minimum Gasteiger partial charge on any atom is -0.469 e. The molecule has 6 nitrogen and oxygen atoms in total. The fraction of sp³-hybridized carbons (Fsp3) is 0.357. The number of methoxy groups -OCH3 is 1. The Morgan fingerprint density at radius 1 is 1.32 bits per heavy atom. The molecule has 0 radical (unpaired) electrons. The Bertz CT molecular complexity index is 625. The number of nitrogens with one attached hydrogen (secondary N) is 1. The molecule has 0 saturated carbocycles. The number of halogens is 2. The summed E-state index contributed by atoms with van der Waals surface area (Å²) in [5.41, 5.74) is 0.963. The highest BCUT2D eigenvalue weighted by atomic mass is 35.5. The van der Waals surface area contributed by atoms with E-state index in [2.05, 4.69) is 10.1 Å². The SMILES string of the molecule is COC(=O)CC[C@H]1NC(=O)N(c2cc(Cl)c(C)c(Cl)c2)C1=O. The first-order valence-corrected chi connectivity index (χ1v) is 7.27. The highest BCUT2D eigenvalue weighted by Gasteiger charge is 2.39. The van der Waals surface area contributed by atoms with Gasteiger partial charge in [-0.15, -0.1) is 0 Å². The number of hydrogen-bond donors (Lipinski definition) is 1. The van der Waals surface area contributed by atoms with Gasteiger partial charge in [0.25, 0.3) is 5.91 Å². The number of esters is 1. The number of hydrogen-bond acceptors (Lipinski definition) is 4. The summed E-state index contributed by atoms with van der Waals surface area (Å²) >= 11 is 12.1. The van der Waals surface area contributed by atoms with E-state index < -0.39 is 23.9 Å². The smallest absolute Gasteiger partial charge is 0.329 e. The second-order valence-corrected chi connectivity index (χ2v) is 5.64. The number of nitrogens with zero attached hydrogens (tertiary/aromatic N) is 1. The van der Waals surface area contributed by atoms with Crippen molar-refractivity contribution in [3.63, 3.8) is 0 Å². The molecule has 0 bridgehead atoms. The van der Waals surface area contributed by atoms with Crippen LogP contribution in [0.4, 0.5) is 10.5 Å². The number of rotatable bonds is 4. The van der Waals surface area contributed by atoms with E-state index in [1.807, 2.05) is 0 Å². The van der Waals surface area contributed by atoms with E-state index in [1.165, 1.54) is 19.2 Å². The molecule has 1 heterocycles. The summed E-state index contributed by atoms with van der Waals surface area (Å²) in [5, 5.41) is 3.25. The zero-order chi connectivity index (χ0) is 16.4. The molecule has 1 fully saturated rings. The highest BCUT2D eigenvalue weighted by molar-refractivity contribution is 6.37. The zero-order valence-electron chi connectivity index (χ0n) is 12.0. The van der Waals surface area contributed by atoms with Crippen molar-refractivity contribution in [3.05, 3.63) is 27.7 Å². The van der Waals surface area contributed by atoms with Crippen LogP contribution in [-0.2, 0) is 14.3 Å². The topological polar surface area (TPSA) is 75.7 Å². The summed E-state index contributed by atoms with van der Waals surface area (Å²) in [6.07, 6.45) is 0.206. The molecule has 0 unspecified atom stereocenters. The fourth-order valence-corrected chi connectivity index (χ4v) is 2.57. The van der Waals surface area contributed by atoms with E-state index in [0.717, 1.165) is 4.90 Å². The van der Waals surface area contributed by atoms with Crippen molar-refractivity contribution < 1.29 is 19.1 Å². The van der Waals surface area contributed by atoms with Crippen LogP contribution in [0.1, 0.15) is 18.4 Å². The Morgan fingerprint density at radius 3 is 2.45 bits per heavy atom. The number of benzene rings is 1. The number of ether oxygens (including phenoxy) is 1. The Labute approximate surface area is 137 Å². The zero-order valence-corrected chi connectivity index (χ0v) is 13.5. The quantitative estimate of drug-likeness (QED) is 0.672. The largest absolute Gasteiger partial charge is 0.469 e. The molecule has 1 aromatic carbocycles. The number of carbonyl (C=O) groups excluding carboxylic acids is 3. The number of imide groups is 1. The van der Waals surface area contributed by atoms with Crippen LogP contribution in [0.15, 0.2) is 12.1 Å². The maximum absolute atomic E-state index is 12.3. The van der Waals surface area contributed by atoms with E-state index in [0.29, 0.717) is 21.3 Å². The lowest BCUT2D eigenvalue weighted by Gasteiger charge is -2.15. The molecular formula is C14H14Cl2N2O4. The number of carbonyl (C=O) groups is 3. The molecule has 22 heavy (non-hydrogen) atoms. The maximum atomic E-state index is 12.3. The van der Waals surface area contributed by atoms with Crippen molar-refractivity contribution in [1.29, 1.82) is 0 Å². The number of amides is 3. The second-order valence-electron chi connectivity index (χ2n) is 4.82. The monoisotopic (exact) mass is 344 g/mol.